The van der Waals surface area contributed by atoms with Crippen molar-refractivity contribution in [3.05, 3.63) is 77.5 Å². The molecule has 0 bridgehead atoms. The van der Waals surface area contributed by atoms with E-state index in [1.54, 1.807) is 30.5 Å². The molecular formula is C28H35FN4O. The number of benzene rings is 2. The van der Waals surface area contributed by atoms with Gasteiger partial charge in [-0.15, -0.1) is 0 Å². The van der Waals surface area contributed by atoms with Crippen molar-refractivity contribution in [2.24, 2.45) is 5.92 Å². The third-order valence-corrected chi connectivity index (χ3v) is 6.56. The molecule has 5 nitrogen and oxygen atoms in total. The Morgan fingerprint density at radius 3 is 2.82 bits per heavy atom. The number of aromatic nitrogens is 2. The lowest BCUT2D eigenvalue weighted by Gasteiger charge is -2.29. The molecule has 0 unspecified atom stereocenters. The second-order valence-electron chi connectivity index (χ2n) is 9.24. The SMILES string of the molecule is CCN(Cc1ccc(F)c(-c2ccnc(CCCc3cccc(O)c3)n2)c1)C[C@H]1CCCNC1. The fourth-order valence-electron chi connectivity index (χ4n) is 4.71. The molecule has 0 saturated carbocycles. The van der Waals surface area contributed by atoms with Crippen LogP contribution in [0.15, 0.2) is 54.7 Å². The predicted molar refractivity (Wildman–Crippen MR) is 134 cm³/mol. The van der Waals surface area contributed by atoms with Crippen LogP contribution in [0, 0.1) is 11.7 Å². The highest BCUT2D eigenvalue weighted by Gasteiger charge is 2.17. The maximum atomic E-state index is 14.8. The van der Waals surface area contributed by atoms with Gasteiger partial charge in [-0.05, 0) is 92.7 Å². The first-order valence-electron chi connectivity index (χ1n) is 12.4. The average molecular weight is 463 g/mol. The van der Waals surface area contributed by atoms with E-state index < -0.39 is 0 Å². The highest BCUT2D eigenvalue weighted by atomic mass is 19.1. The van der Waals surface area contributed by atoms with E-state index in [2.05, 4.69) is 27.1 Å². The molecule has 0 amide bonds. The Labute approximate surface area is 202 Å². The first-order valence-corrected chi connectivity index (χ1v) is 12.4. The Bertz CT molecular complexity index is 1070. The Balaban J connectivity index is 1.41. The molecule has 0 aliphatic carbocycles. The molecule has 1 aromatic heterocycles. The number of hydrogen-bond acceptors (Lipinski definition) is 5. The van der Waals surface area contributed by atoms with Crippen molar-refractivity contribution in [3.63, 3.8) is 0 Å². The van der Waals surface area contributed by atoms with Crippen LogP contribution >= 0.6 is 0 Å². The Morgan fingerprint density at radius 2 is 2.03 bits per heavy atom. The molecule has 34 heavy (non-hydrogen) atoms. The van der Waals surface area contributed by atoms with Crippen LogP contribution in [0.5, 0.6) is 5.75 Å². The van der Waals surface area contributed by atoms with Crippen molar-refractivity contribution < 1.29 is 9.50 Å². The lowest BCUT2D eigenvalue weighted by atomic mass is 9.98. The third-order valence-electron chi connectivity index (χ3n) is 6.56. The predicted octanol–water partition coefficient (Wildman–Crippen LogP) is 4.99. The van der Waals surface area contributed by atoms with E-state index in [1.165, 1.54) is 12.8 Å². The summed E-state index contributed by atoms with van der Waals surface area (Å²) in [4.78, 5) is 11.5. The maximum absolute atomic E-state index is 14.8. The summed E-state index contributed by atoms with van der Waals surface area (Å²) < 4.78 is 14.8. The molecule has 180 valence electrons. The number of rotatable bonds is 10. The number of phenolic OH excluding ortho intramolecular Hbond substituents is 1. The number of halogens is 1. The van der Waals surface area contributed by atoms with E-state index in [0.29, 0.717) is 29.4 Å². The monoisotopic (exact) mass is 462 g/mol. The Morgan fingerprint density at radius 1 is 1.12 bits per heavy atom. The largest absolute Gasteiger partial charge is 0.508 e. The van der Waals surface area contributed by atoms with Gasteiger partial charge >= 0.3 is 0 Å². The van der Waals surface area contributed by atoms with Gasteiger partial charge in [0.05, 0.1) is 5.69 Å². The summed E-state index contributed by atoms with van der Waals surface area (Å²) >= 11 is 0. The maximum Gasteiger partial charge on any atom is 0.132 e. The van der Waals surface area contributed by atoms with Crippen LogP contribution in [0.3, 0.4) is 0 Å². The first kappa shape index (κ1) is 24.3. The molecule has 6 heteroatoms. The average Bonchev–Trinajstić information content (AvgIpc) is 2.85. The van der Waals surface area contributed by atoms with E-state index in [9.17, 15) is 9.50 Å². The zero-order valence-electron chi connectivity index (χ0n) is 20.0. The lowest BCUT2D eigenvalue weighted by molar-refractivity contribution is 0.209. The Hall–Kier alpha value is -2.83. The van der Waals surface area contributed by atoms with Crippen LogP contribution in [0.2, 0.25) is 0 Å². The van der Waals surface area contributed by atoms with Gasteiger partial charge in [0.2, 0.25) is 0 Å². The molecule has 4 rings (SSSR count). The lowest BCUT2D eigenvalue weighted by Crippen LogP contribution is -2.38. The molecule has 3 aromatic rings. The summed E-state index contributed by atoms with van der Waals surface area (Å²) in [7, 11) is 0. The van der Waals surface area contributed by atoms with Crippen molar-refractivity contribution in [1.82, 2.24) is 20.2 Å². The van der Waals surface area contributed by atoms with Gasteiger partial charge in [0.25, 0.3) is 0 Å². The van der Waals surface area contributed by atoms with E-state index in [-0.39, 0.29) is 11.6 Å². The summed E-state index contributed by atoms with van der Waals surface area (Å²) in [6.07, 6.45) is 6.61. The second-order valence-corrected chi connectivity index (χ2v) is 9.24. The van der Waals surface area contributed by atoms with E-state index in [0.717, 1.165) is 56.7 Å². The number of aryl methyl sites for hydroxylation is 2. The van der Waals surface area contributed by atoms with Gasteiger partial charge in [0.15, 0.2) is 0 Å². The van der Waals surface area contributed by atoms with Gasteiger partial charge in [-0.1, -0.05) is 25.1 Å². The highest BCUT2D eigenvalue weighted by molar-refractivity contribution is 5.60. The van der Waals surface area contributed by atoms with Crippen molar-refractivity contribution in [1.29, 1.82) is 0 Å². The quantitative estimate of drug-likeness (QED) is 0.445. The summed E-state index contributed by atoms with van der Waals surface area (Å²) in [5, 5.41) is 13.1. The van der Waals surface area contributed by atoms with Crippen molar-refractivity contribution in [3.8, 4) is 17.0 Å². The molecule has 2 aromatic carbocycles. The zero-order chi connectivity index (χ0) is 23.8. The van der Waals surface area contributed by atoms with Crippen LogP contribution in [-0.2, 0) is 19.4 Å². The number of phenols is 1. The molecule has 1 atom stereocenters. The van der Waals surface area contributed by atoms with E-state index >= 15 is 0 Å². The molecule has 0 radical (unpaired) electrons. The number of hydrogen-bond donors (Lipinski definition) is 2. The van der Waals surface area contributed by atoms with E-state index in [1.807, 2.05) is 24.3 Å². The zero-order valence-corrected chi connectivity index (χ0v) is 20.0. The first-order chi connectivity index (χ1) is 16.6. The molecule has 2 N–H and O–H groups in total. The number of nitrogens with zero attached hydrogens (tertiary/aromatic N) is 3. The van der Waals surface area contributed by atoms with Gasteiger partial charge in [0, 0.05) is 31.3 Å². The molecule has 0 spiro atoms. The molecule has 1 aliphatic rings. The molecule has 2 heterocycles. The van der Waals surface area contributed by atoms with Gasteiger partial charge in [-0.25, -0.2) is 14.4 Å². The number of nitrogens with one attached hydrogen (secondary N) is 1. The van der Waals surface area contributed by atoms with Crippen molar-refractivity contribution in [2.45, 2.75) is 45.6 Å². The van der Waals surface area contributed by atoms with Crippen LogP contribution in [0.1, 0.15) is 43.1 Å². The van der Waals surface area contributed by atoms with Gasteiger partial charge in [-0.3, -0.25) is 4.90 Å². The second kappa shape index (κ2) is 12.0. The fraction of sp³-hybridized carbons (Fsp3) is 0.429. The normalized spacial score (nSPS) is 16.1. The summed E-state index contributed by atoms with van der Waals surface area (Å²) in [5.74, 6) is 1.41. The minimum absolute atomic E-state index is 0.257. The van der Waals surface area contributed by atoms with Crippen LogP contribution in [0.25, 0.3) is 11.3 Å². The number of piperidine rings is 1. The summed E-state index contributed by atoms with van der Waals surface area (Å²) in [5.41, 5.74) is 3.34. The standard InChI is InChI=1S/C28H35FN4O/c1-2-33(20-23-8-5-14-30-18-23)19-22-11-12-26(29)25(17-22)27-13-15-31-28(32-27)10-4-7-21-6-3-9-24(34)16-21/h3,6,9,11-13,15-17,23,30,34H,2,4-5,7-8,10,14,18-20H2,1H3/t23-/m0/s1. The molecule has 1 saturated heterocycles. The number of aromatic hydroxyl groups is 1. The third kappa shape index (κ3) is 6.84. The van der Waals surface area contributed by atoms with E-state index in [4.69, 9.17) is 0 Å². The van der Waals surface area contributed by atoms with Crippen LogP contribution < -0.4 is 5.32 Å². The smallest absolute Gasteiger partial charge is 0.132 e. The van der Waals surface area contributed by atoms with Crippen LogP contribution in [0.4, 0.5) is 4.39 Å². The molecular weight excluding hydrogens is 427 g/mol. The summed E-state index contributed by atoms with van der Waals surface area (Å²) in [6, 6.07) is 14.5. The van der Waals surface area contributed by atoms with Crippen molar-refractivity contribution in [2.75, 3.05) is 26.2 Å². The minimum Gasteiger partial charge on any atom is -0.508 e. The molecule has 1 aliphatic heterocycles. The molecule has 1 fully saturated rings. The van der Waals surface area contributed by atoms with Gasteiger partial charge < -0.3 is 10.4 Å². The topological polar surface area (TPSA) is 61.3 Å². The highest BCUT2D eigenvalue weighted by Crippen LogP contribution is 2.24. The Kier molecular flexibility index (Phi) is 8.61. The van der Waals surface area contributed by atoms with Crippen LogP contribution in [-0.4, -0.2) is 46.2 Å². The fourth-order valence-corrected chi connectivity index (χ4v) is 4.71. The van der Waals surface area contributed by atoms with Gasteiger partial charge in [0.1, 0.15) is 17.4 Å². The minimum atomic E-state index is -0.257. The van der Waals surface area contributed by atoms with Crippen molar-refractivity contribution >= 4 is 0 Å². The van der Waals surface area contributed by atoms with Gasteiger partial charge in [-0.2, -0.15) is 0 Å². The summed E-state index contributed by atoms with van der Waals surface area (Å²) in [6.45, 7) is 7.24.